The Morgan fingerprint density at radius 3 is 2.80 bits per heavy atom. The minimum Gasteiger partial charge on any atom is -0.384 e. The number of carbonyl (C=O) groups is 2. The summed E-state index contributed by atoms with van der Waals surface area (Å²) >= 11 is 0. The van der Waals surface area contributed by atoms with Crippen LogP contribution in [0.4, 0.5) is 11.5 Å². The van der Waals surface area contributed by atoms with Crippen LogP contribution in [0.3, 0.4) is 0 Å². The summed E-state index contributed by atoms with van der Waals surface area (Å²) in [7, 11) is 3.44. The Kier molecular flexibility index (Phi) is 4.95. The van der Waals surface area contributed by atoms with Crippen molar-refractivity contribution < 1.29 is 14.3 Å². The molecule has 7 nitrogen and oxygen atoms in total. The molecule has 130 valence electrons. The zero-order chi connectivity index (χ0) is 17.8. The first-order valence-corrected chi connectivity index (χ1v) is 7.97. The topological polar surface area (TPSA) is 83.6 Å². The minimum absolute atomic E-state index is 0.101. The minimum atomic E-state index is -0.312. The number of aromatic nitrogens is 1. The number of ether oxygens (including phenoxy) is 1. The van der Waals surface area contributed by atoms with E-state index in [0.717, 1.165) is 5.56 Å². The molecule has 25 heavy (non-hydrogen) atoms. The van der Waals surface area contributed by atoms with Gasteiger partial charge in [-0.25, -0.2) is 4.98 Å². The number of benzene rings is 1. The first-order chi connectivity index (χ1) is 12.1. The molecule has 1 aliphatic heterocycles. The van der Waals surface area contributed by atoms with Gasteiger partial charge in [0.25, 0.3) is 5.91 Å². The van der Waals surface area contributed by atoms with Crippen LogP contribution in [0.2, 0.25) is 0 Å². The molecule has 0 fully saturated rings. The summed E-state index contributed by atoms with van der Waals surface area (Å²) in [4.78, 5) is 30.2. The summed E-state index contributed by atoms with van der Waals surface area (Å²) in [6, 6.07) is 10.9. The summed E-state index contributed by atoms with van der Waals surface area (Å²) in [5.41, 5.74) is 2.17. The highest BCUT2D eigenvalue weighted by Gasteiger charge is 2.30. The monoisotopic (exact) mass is 340 g/mol. The molecule has 1 aromatic heterocycles. The lowest BCUT2D eigenvalue weighted by Gasteiger charge is -2.35. The smallest absolute Gasteiger partial charge is 0.256 e. The highest BCUT2D eigenvalue weighted by Crippen LogP contribution is 2.30. The van der Waals surface area contributed by atoms with E-state index in [-0.39, 0.29) is 18.0 Å². The normalized spacial score (nSPS) is 16.2. The molecule has 2 amide bonds. The largest absolute Gasteiger partial charge is 0.384 e. The van der Waals surface area contributed by atoms with Gasteiger partial charge >= 0.3 is 0 Å². The van der Waals surface area contributed by atoms with Crippen molar-refractivity contribution in [1.82, 2.24) is 10.3 Å². The lowest BCUT2D eigenvalue weighted by Crippen LogP contribution is -2.45. The van der Waals surface area contributed by atoms with Crippen molar-refractivity contribution in [2.75, 3.05) is 31.0 Å². The molecule has 0 saturated heterocycles. The van der Waals surface area contributed by atoms with Gasteiger partial charge in [0.2, 0.25) is 5.91 Å². The number of nitrogens with zero attached hydrogens (tertiary/aromatic N) is 2. The second-order valence-electron chi connectivity index (χ2n) is 5.77. The Morgan fingerprint density at radius 1 is 1.32 bits per heavy atom. The number of amides is 2. The predicted molar refractivity (Wildman–Crippen MR) is 94.4 cm³/mol. The van der Waals surface area contributed by atoms with Gasteiger partial charge in [-0.1, -0.05) is 12.1 Å². The van der Waals surface area contributed by atoms with Gasteiger partial charge in [-0.05, 0) is 29.8 Å². The van der Waals surface area contributed by atoms with Crippen LogP contribution in [0.1, 0.15) is 28.5 Å². The average molecular weight is 340 g/mol. The second-order valence-corrected chi connectivity index (χ2v) is 5.77. The molecular weight excluding hydrogens is 320 g/mol. The van der Waals surface area contributed by atoms with Crippen molar-refractivity contribution in [3.8, 4) is 0 Å². The van der Waals surface area contributed by atoms with Crippen molar-refractivity contribution in [2.24, 2.45) is 0 Å². The first-order valence-electron chi connectivity index (χ1n) is 7.97. The van der Waals surface area contributed by atoms with Crippen LogP contribution in [0, 0.1) is 0 Å². The van der Waals surface area contributed by atoms with Gasteiger partial charge in [-0.2, -0.15) is 0 Å². The maximum absolute atomic E-state index is 12.3. The molecule has 1 aromatic carbocycles. The van der Waals surface area contributed by atoms with Gasteiger partial charge in [-0.3, -0.25) is 9.59 Å². The Morgan fingerprint density at radius 2 is 2.08 bits per heavy atom. The van der Waals surface area contributed by atoms with E-state index in [1.54, 1.807) is 25.4 Å². The molecule has 1 aliphatic rings. The van der Waals surface area contributed by atoms with Gasteiger partial charge < -0.3 is 20.3 Å². The highest BCUT2D eigenvalue weighted by molar-refractivity contribution is 6.01. The third-order valence-corrected chi connectivity index (χ3v) is 4.06. The summed E-state index contributed by atoms with van der Waals surface area (Å²) < 4.78 is 4.89. The standard InChI is InChI=1S/C18H20N4O3/c1-22-16(21-18(24)14-4-3-10-19-17(14)22)12-5-7-13(8-6-12)20-15(23)9-11-25-2/h3-8,10,16H,9,11H2,1-2H3,(H,20,23)(H,21,24)/t16-/m0/s1. The Hall–Kier alpha value is -2.93. The molecule has 0 radical (unpaired) electrons. The molecule has 3 rings (SSSR count). The molecule has 0 saturated carbocycles. The van der Waals surface area contributed by atoms with Gasteiger partial charge in [-0.15, -0.1) is 0 Å². The average Bonchev–Trinajstić information content (AvgIpc) is 2.64. The second kappa shape index (κ2) is 7.31. The highest BCUT2D eigenvalue weighted by atomic mass is 16.5. The van der Waals surface area contributed by atoms with Crippen molar-refractivity contribution >= 4 is 23.3 Å². The third kappa shape index (κ3) is 3.61. The van der Waals surface area contributed by atoms with Gasteiger partial charge in [0.05, 0.1) is 18.6 Å². The molecule has 7 heteroatoms. The molecule has 0 spiro atoms. The number of carbonyl (C=O) groups excluding carboxylic acids is 2. The van der Waals surface area contributed by atoms with Crippen LogP contribution in [0.15, 0.2) is 42.6 Å². The van der Waals surface area contributed by atoms with Crippen LogP contribution in [-0.4, -0.2) is 37.6 Å². The van der Waals surface area contributed by atoms with E-state index in [9.17, 15) is 9.59 Å². The van der Waals surface area contributed by atoms with Crippen molar-refractivity contribution in [3.05, 3.63) is 53.7 Å². The van der Waals surface area contributed by atoms with E-state index in [2.05, 4.69) is 15.6 Å². The van der Waals surface area contributed by atoms with Crippen molar-refractivity contribution in [1.29, 1.82) is 0 Å². The number of anilines is 2. The summed E-state index contributed by atoms with van der Waals surface area (Å²) in [6.45, 7) is 0.384. The molecule has 0 bridgehead atoms. The predicted octanol–water partition coefficient (Wildman–Crippen LogP) is 1.93. The van der Waals surface area contributed by atoms with Gasteiger partial charge in [0, 0.05) is 26.0 Å². The van der Waals surface area contributed by atoms with E-state index in [0.29, 0.717) is 30.1 Å². The third-order valence-electron chi connectivity index (χ3n) is 4.06. The molecule has 2 aromatic rings. The Balaban J connectivity index is 1.75. The quantitative estimate of drug-likeness (QED) is 0.869. The lowest BCUT2D eigenvalue weighted by molar-refractivity contribution is -0.117. The zero-order valence-corrected chi connectivity index (χ0v) is 14.2. The van der Waals surface area contributed by atoms with E-state index in [4.69, 9.17) is 4.74 Å². The van der Waals surface area contributed by atoms with Gasteiger partial charge in [0.15, 0.2) is 0 Å². The number of hydrogen-bond donors (Lipinski definition) is 2. The maximum Gasteiger partial charge on any atom is 0.256 e. The Labute approximate surface area is 146 Å². The number of hydrogen-bond acceptors (Lipinski definition) is 5. The van der Waals surface area contributed by atoms with Crippen molar-refractivity contribution in [2.45, 2.75) is 12.6 Å². The zero-order valence-electron chi connectivity index (χ0n) is 14.2. The van der Waals surface area contributed by atoms with Crippen LogP contribution in [0.5, 0.6) is 0 Å². The fraction of sp³-hybridized carbons (Fsp3) is 0.278. The van der Waals surface area contributed by atoms with Crippen LogP contribution in [0.25, 0.3) is 0 Å². The molecule has 1 atom stereocenters. The van der Waals surface area contributed by atoms with E-state index in [1.807, 2.05) is 36.2 Å². The van der Waals surface area contributed by atoms with Crippen molar-refractivity contribution in [3.63, 3.8) is 0 Å². The molecule has 0 aliphatic carbocycles. The van der Waals surface area contributed by atoms with E-state index in [1.165, 1.54) is 0 Å². The fourth-order valence-electron chi connectivity index (χ4n) is 2.75. The van der Waals surface area contributed by atoms with Crippen LogP contribution >= 0.6 is 0 Å². The van der Waals surface area contributed by atoms with Gasteiger partial charge in [0.1, 0.15) is 12.0 Å². The van der Waals surface area contributed by atoms with E-state index >= 15 is 0 Å². The number of fused-ring (bicyclic) bond motifs is 1. The van der Waals surface area contributed by atoms with Crippen LogP contribution in [-0.2, 0) is 9.53 Å². The fourth-order valence-corrected chi connectivity index (χ4v) is 2.75. The number of methoxy groups -OCH3 is 1. The Bertz CT molecular complexity index is 776. The van der Waals surface area contributed by atoms with E-state index < -0.39 is 0 Å². The van der Waals surface area contributed by atoms with Crippen LogP contribution < -0.4 is 15.5 Å². The summed E-state index contributed by atoms with van der Waals surface area (Å²) in [6.07, 6.45) is 1.67. The maximum atomic E-state index is 12.3. The first kappa shape index (κ1) is 16.9. The molecule has 2 N–H and O–H groups in total. The number of nitrogens with one attached hydrogen (secondary N) is 2. The lowest BCUT2D eigenvalue weighted by atomic mass is 10.1. The molecular formula is C18H20N4O3. The molecule has 0 unspecified atom stereocenters. The number of rotatable bonds is 5. The summed E-state index contributed by atoms with van der Waals surface area (Å²) in [5.74, 6) is 0.396. The molecule has 2 heterocycles. The SMILES string of the molecule is COCCC(=O)Nc1ccc([C@H]2NC(=O)c3cccnc3N2C)cc1. The summed E-state index contributed by atoms with van der Waals surface area (Å²) in [5, 5.41) is 5.78. The number of pyridine rings is 1.